The molecule has 2 N–H and O–H groups in total. The van der Waals surface area contributed by atoms with Crippen molar-refractivity contribution in [2.75, 3.05) is 0 Å². The molecule has 0 fully saturated rings. The highest BCUT2D eigenvalue weighted by Crippen LogP contribution is 2.11. The van der Waals surface area contributed by atoms with Gasteiger partial charge in [-0.3, -0.25) is 9.59 Å². The lowest BCUT2D eigenvalue weighted by atomic mass is 10.0. The molecule has 0 aliphatic heterocycles. The summed E-state index contributed by atoms with van der Waals surface area (Å²) in [4.78, 5) is 25.8. The van der Waals surface area contributed by atoms with Crippen molar-refractivity contribution in [2.45, 2.75) is 19.8 Å². The van der Waals surface area contributed by atoms with E-state index in [4.69, 9.17) is 5.11 Å². The van der Waals surface area contributed by atoms with E-state index in [1.165, 1.54) is 0 Å². The lowest BCUT2D eigenvalue weighted by molar-refractivity contribution is -0.136. The third-order valence-electron chi connectivity index (χ3n) is 2.81. The number of pyridine rings is 1. The van der Waals surface area contributed by atoms with E-state index >= 15 is 0 Å². The summed E-state index contributed by atoms with van der Waals surface area (Å²) in [6.07, 6.45) is 0.240. The fourth-order valence-electron chi connectivity index (χ4n) is 1.93. The van der Waals surface area contributed by atoms with Crippen molar-refractivity contribution in [1.82, 2.24) is 4.98 Å². The van der Waals surface area contributed by atoms with E-state index in [1.54, 1.807) is 19.1 Å². The maximum absolute atomic E-state index is 12.1. The number of carbonyl (C=O) groups is 1. The summed E-state index contributed by atoms with van der Waals surface area (Å²) in [6.45, 7) is 1.80. The Labute approximate surface area is 110 Å². The summed E-state index contributed by atoms with van der Waals surface area (Å²) in [7, 11) is 0. The number of fused-ring (bicyclic) bond motifs is 1. The highest BCUT2D eigenvalue weighted by Gasteiger charge is 2.10. The van der Waals surface area contributed by atoms with Crippen molar-refractivity contribution in [3.8, 4) is 0 Å². The first-order chi connectivity index (χ1) is 8.09. The molecule has 0 amide bonds. The van der Waals surface area contributed by atoms with Crippen molar-refractivity contribution in [3.63, 3.8) is 0 Å². The molecule has 18 heavy (non-hydrogen) atoms. The van der Waals surface area contributed by atoms with Crippen LogP contribution in [0.15, 0.2) is 29.1 Å². The van der Waals surface area contributed by atoms with Crippen molar-refractivity contribution >= 4 is 16.9 Å². The number of hydrogen-bond donors (Lipinski definition) is 2. The highest BCUT2D eigenvalue weighted by molar-refractivity contribution is 5.79. The Bertz CT molecular complexity index is 634. The Kier molecular flexibility index (Phi) is 4.50. The number of carboxylic acids is 1. The largest absolute Gasteiger partial charge is 1.00 e. The molecule has 0 bridgehead atoms. The summed E-state index contributed by atoms with van der Waals surface area (Å²) >= 11 is 0. The zero-order valence-electron chi connectivity index (χ0n) is 9.87. The van der Waals surface area contributed by atoms with E-state index in [2.05, 4.69) is 4.98 Å². The second kappa shape index (κ2) is 5.69. The second-order valence-corrected chi connectivity index (χ2v) is 4.00. The van der Waals surface area contributed by atoms with Crippen LogP contribution < -0.4 is 17.8 Å². The number of rotatable bonds is 3. The van der Waals surface area contributed by atoms with Crippen LogP contribution in [0.2, 0.25) is 0 Å². The Morgan fingerprint density at radius 2 is 2.00 bits per heavy atom. The average Bonchev–Trinajstić information content (AvgIpc) is 2.28. The fraction of sp³-hybridized carbons (Fsp3) is 0.231. The molecule has 1 aromatic heterocycles. The standard InChI is InChI=1S/C13H13NO3.ClH/c1-8-9(6-7-12(15)16)13(17)10-4-2-3-5-11(10)14-8;/h2-5H,6-7H2,1H3,(H,14,17)(H,15,16);1H/p-1. The Balaban J connectivity index is 0.00000162. The number of carboxylic acid groups (broad SMARTS) is 1. The maximum Gasteiger partial charge on any atom is 0.303 e. The molecular weight excluding hydrogens is 254 g/mol. The van der Waals surface area contributed by atoms with Gasteiger partial charge in [-0.1, -0.05) is 12.1 Å². The minimum atomic E-state index is -0.892. The van der Waals surface area contributed by atoms with Gasteiger partial charge in [-0.05, 0) is 25.5 Å². The van der Waals surface area contributed by atoms with E-state index < -0.39 is 5.97 Å². The normalized spacial score (nSPS) is 10.1. The molecule has 0 saturated heterocycles. The number of H-pyrrole nitrogens is 1. The van der Waals surface area contributed by atoms with Gasteiger partial charge in [0.05, 0.1) is 0 Å². The van der Waals surface area contributed by atoms with Crippen LogP contribution in [0.1, 0.15) is 17.7 Å². The zero-order valence-corrected chi connectivity index (χ0v) is 10.6. The van der Waals surface area contributed by atoms with Crippen molar-refractivity contribution in [1.29, 1.82) is 0 Å². The van der Waals surface area contributed by atoms with Crippen molar-refractivity contribution in [2.24, 2.45) is 0 Å². The van der Waals surface area contributed by atoms with E-state index in [0.717, 1.165) is 11.2 Å². The van der Waals surface area contributed by atoms with Gasteiger partial charge in [-0.25, -0.2) is 0 Å². The lowest BCUT2D eigenvalue weighted by Crippen LogP contribution is -3.00. The minimum Gasteiger partial charge on any atom is -1.00 e. The molecule has 0 aliphatic carbocycles. The molecule has 4 nitrogen and oxygen atoms in total. The SMILES string of the molecule is Cc1[nH]c2ccccc2c(=O)c1CCC(=O)O.[Cl-]. The number of aromatic amines is 1. The average molecular weight is 267 g/mol. The Morgan fingerprint density at radius 3 is 2.67 bits per heavy atom. The van der Waals surface area contributed by atoms with Gasteiger partial charge in [0, 0.05) is 28.6 Å². The number of aryl methyl sites for hydroxylation is 1. The van der Waals surface area contributed by atoms with Gasteiger partial charge >= 0.3 is 5.97 Å². The number of benzene rings is 1. The fourth-order valence-corrected chi connectivity index (χ4v) is 1.93. The van der Waals surface area contributed by atoms with Crippen LogP contribution in [0.25, 0.3) is 10.9 Å². The molecule has 0 radical (unpaired) electrons. The van der Waals surface area contributed by atoms with Crippen LogP contribution in [0.5, 0.6) is 0 Å². The number of hydrogen-bond acceptors (Lipinski definition) is 2. The van der Waals surface area contributed by atoms with E-state index in [1.807, 2.05) is 12.1 Å². The van der Waals surface area contributed by atoms with Gasteiger partial charge in [0.1, 0.15) is 0 Å². The molecular formula is C13H13ClNO3-. The van der Waals surface area contributed by atoms with Crippen LogP contribution >= 0.6 is 0 Å². The van der Waals surface area contributed by atoms with Gasteiger partial charge in [-0.2, -0.15) is 0 Å². The van der Waals surface area contributed by atoms with Crippen molar-refractivity contribution < 1.29 is 22.3 Å². The van der Waals surface area contributed by atoms with E-state index in [-0.39, 0.29) is 30.7 Å². The number of nitrogens with one attached hydrogen (secondary N) is 1. The van der Waals surface area contributed by atoms with Crippen LogP contribution in [-0.2, 0) is 11.2 Å². The van der Waals surface area contributed by atoms with Gasteiger partial charge in [0.2, 0.25) is 0 Å². The summed E-state index contributed by atoms with van der Waals surface area (Å²) in [5.74, 6) is -0.892. The Hall–Kier alpha value is -1.81. The van der Waals surface area contributed by atoms with Crippen LogP contribution in [-0.4, -0.2) is 16.1 Å². The molecule has 0 aliphatic rings. The first-order valence-electron chi connectivity index (χ1n) is 5.42. The Morgan fingerprint density at radius 1 is 1.33 bits per heavy atom. The summed E-state index contributed by atoms with van der Waals surface area (Å²) in [6, 6.07) is 7.24. The van der Waals surface area contributed by atoms with Crippen LogP contribution in [0.3, 0.4) is 0 Å². The molecule has 0 unspecified atom stereocenters. The van der Waals surface area contributed by atoms with Gasteiger partial charge in [0.25, 0.3) is 0 Å². The van der Waals surface area contributed by atoms with Crippen LogP contribution in [0, 0.1) is 6.92 Å². The number of para-hydroxylation sites is 1. The van der Waals surface area contributed by atoms with Crippen molar-refractivity contribution in [3.05, 3.63) is 45.7 Å². The first-order valence-corrected chi connectivity index (χ1v) is 5.42. The maximum atomic E-state index is 12.1. The van der Waals surface area contributed by atoms with Gasteiger partial charge in [0.15, 0.2) is 5.43 Å². The monoisotopic (exact) mass is 266 g/mol. The third-order valence-corrected chi connectivity index (χ3v) is 2.81. The number of aliphatic carboxylic acids is 1. The smallest absolute Gasteiger partial charge is 0.303 e. The lowest BCUT2D eigenvalue weighted by Gasteiger charge is -2.06. The second-order valence-electron chi connectivity index (χ2n) is 4.00. The third kappa shape index (κ3) is 2.71. The quantitative estimate of drug-likeness (QED) is 0.738. The molecule has 1 aromatic carbocycles. The molecule has 2 rings (SSSR count). The number of halogens is 1. The topological polar surface area (TPSA) is 70.2 Å². The minimum absolute atomic E-state index is 0. The highest BCUT2D eigenvalue weighted by atomic mass is 35.5. The van der Waals surface area contributed by atoms with Gasteiger partial charge < -0.3 is 22.5 Å². The molecule has 5 heteroatoms. The molecule has 96 valence electrons. The first kappa shape index (κ1) is 14.3. The summed E-state index contributed by atoms with van der Waals surface area (Å²) in [5, 5.41) is 9.27. The predicted octanol–water partition coefficient (Wildman–Crippen LogP) is -1.14. The summed E-state index contributed by atoms with van der Waals surface area (Å²) < 4.78 is 0. The molecule has 1 heterocycles. The predicted molar refractivity (Wildman–Crippen MR) is 65.3 cm³/mol. The molecule has 0 atom stereocenters. The zero-order chi connectivity index (χ0) is 12.4. The van der Waals surface area contributed by atoms with Gasteiger partial charge in [-0.15, -0.1) is 0 Å². The molecule has 0 saturated carbocycles. The van der Waals surface area contributed by atoms with E-state index in [9.17, 15) is 9.59 Å². The number of aromatic nitrogens is 1. The molecule has 2 aromatic rings. The van der Waals surface area contributed by atoms with E-state index in [0.29, 0.717) is 10.9 Å². The summed E-state index contributed by atoms with van der Waals surface area (Å²) in [5.41, 5.74) is 2.02. The molecule has 0 spiro atoms. The van der Waals surface area contributed by atoms with Crippen LogP contribution in [0.4, 0.5) is 0 Å².